The van der Waals surface area contributed by atoms with Crippen LogP contribution in [0.25, 0.3) is 49.4 Å². The smallest absolute Gasteiger partial charge is 0.0556 e. The molecular formula is C28H18ClN. The number of fused-ring (bicyclic) bond motifs is 4. The highest BCUT2D eigenvalue weighted by Crippen LogP contribution is 2.39. The topological polar surface area (TPSA) is 4.93 Å². The minimum absolute atomic E-state index is 0.745. The number of benzene rings is 5. The summed E-state index contributed by atoms with van der Waals surface area (Å²) in [5.74, 6) is 0. The van der Waals surface area contributed by atoms with Gasteiger partial charge in [0.2, 0.25) is 0 Å². The maximum Gasteiger partial charge on any atom is 0.0556 e. The van der Waals surface area contributed by atoms with Gasteiger partial charge in [-0.05, 0) is 58.3 Å². The fourth-order valence-electron chi connectivity index (χ4n) is 4.49. The summed E-state index contributed by atoms with van der Waals surface area (Å²) >= 11 is 6.41. The number of hydrogen-bond acceptors (Lipinski definition) is 0. The molecule has 30 heavy (non-hydrogen) atoms. The highest BCUT2D eigenvalue weighted by Gasteiger charge is 2.16. The van der Waals surface area contributed by atoms with Crippen molar-refractivity contribution >= 4 is 44.2 Å². The first kappa shape index (κ1) is 17.3. The Kier molecular flexibility index (Phi) is 3.90. The van der Waals surface area contributed by atoms with Gasteiger partial charge in [-0.3, -0.25) is 0 Å². The molecule has 6 rings (SSSR count). The molecule has 1 nitrogen and oxygen atoms in total. The second-order valence-corrected chi connectivity index (χ2v) is 8.03. The molecule has 1 aromatic heterocycles. The van der Waals surface area contributed by atoms with Crippen LogP contribution in [0.2, 0.25) is 5.02 Å². The summed E-state index contributed by atoms with van der Waals surface area (Å²) in [6, 6.07) is 38.4. The maximum absolute atomic E-state index is 6.41. The van der Waals surface area contributed by atoms with Crippen LogP contribution in [0.5, 0.6) is 0 Å². The zero-order chi connectivity index (χ0) is 20.1. The van der Waals surface area contributed by atoms with Gasteiger partial charge in [-0.25, -0.2) is 0 Å². The molecule has 0 spiro atoms. The van der Waals surface area contributed by atoms with E-state index >= 15 is 0 Å². The lowest BCUT2D eigenvalue weighted by Gasteiger charge is -2.09. The SMILES string of the molecule is Clc1ccc2c3c(-c4ccc5ccccc5c4)cccc3n(-c3ccccc3)c2c1. The highest BCUT2D eigenvalue weighted by atomic mass is 35.5. The molecule has 0 saturated carbocycles. The summed E-state index contributed by atoms with van der Waals surface area (Å²) in [6.45, 7) is 0. The Labute approximate surface area is 179 Å². The minimum Gasteiger partial charge on any atom is -0.309 e. The third kappa shape index (κ3) is 2.63. The van der Waals surface area contributed by atoms with Crippen molar-refractivity contribution in [2.75, 3.05) is 0 Å². The van der Waals surface area contributed by atoms with Crippen LogP contribution in [0.1, 0.15) is 0 Å². The van der Waals surface area contributed by atoms with Crippen molar-refractivity contribution in [2.24, 2.45) is 0 Å². The van der Waals surface area contributed by atoms with Gasteiger partial charge < -0.3 is 4.57 Å². The summed E-state index contributed by atoms with van der Waals surface area (Å²) < 4.78 is 2.31. The molecule has 0 aliphatic carbocycles. The van der Waals surface area contributed by atoms with E-state index in [0.717, 1.165) is 16.2 Å². The van der Waals surface area contributed by atoms with E-state index in [-0.39, 0.29) is 0 Å². The van der Waals surface area contributed by atoms with Crippen LogP contribution in [-0.4, -0.2) is 4.57 Å². The number of rotatable bonds is 2. The molecule has 0 bridgehead atoms. The first-order chi connectivity index (χ1) is 14.8. The van der Waals surface area contributed by atoms with Gasteiger partial charge in [0.05, 0.1) is 11.0 Å². The van der Waals surface area contributed by atoms with Gasteiger partial charge in [0.1, 0.15) is 0 Å². The molecule has 0 radical (unpaired) electrons. The van der Waals surface area contributed by atoms with E-state index in [1.165, 1.54) is 38.2 Å². The molecule has 0 atom stereocenters. The number of halogens is 1. The second kappa shape index (κ2) is 6.76. The Bertz CT molecular complexity index is 1540. The average molecular weight is 404 g/mol. The fraction of sp³-hybridized carbons (Fsp3) is 0. The molecule has 0 fully saturated rings. The highest BCUT2D eigenvalue weighted by molar-refractivity contribution is 6.32. The Hall–Kier alpha value is -3.55. The lowest BCUT2D eigenvalue weighted by Crippen LogP contribution is -1.93. The largest absolute Gasteiger partial charge is 0.309 e. The van der Waals surface area contributed by atoms with Crippen molar-refractivity contribution in [1.82, 2.24) is 4.57 Å². The van der Waals surface area contributed by atoms with Crippen molar-refractivity contribution in [3.05, 3.63) is 114 Å². The van der Waals surface area contributed by atoms with Crippen molar-refractivity contribution in [1.29, 1.82) is 0 Å². The molecule has 6 aromatic rings. The molecule has 0 aliphatic rings. The summed E-state index contributed by atoms with van der Waals surface area (Å²) in [6.07, 6.45) is 0. The first-order valence-corrected chi connectivity index (χ1v) is 10.4. The molecule has 0 N–H and O–H groups in total. The Balaban J connectivity index is 1.74. The van der Waals surface area contributed by atoms with E-state index in [4.69, 9.17) is 11.6 Å². The first-order valence-electron chi connectivity index (χ1n) is 10.1. The lowest BCUT2D eigenvalue weighted by atomic mass is 9.97. The zero-order valence-corrected chi connectivity index (χ0v) is 17.0. The van der Waals surface area contributed by atoms with Crippen LogP contribution >= 0.6 is 11.6 Å². The van der Waals surface area contributed by atoms with Gasteiger partial charge in [-0.2, -0.15) is 0 Å². The van der Waals surface area contributed by atoms with E-state index in [1.807, 2.05) is 12.1 Å². The second-order valence-electron chi connectivity index (χ2n) is 7.59. The van der Waals surface area contributed by atoms with Gasteiger partial charge in [-0.15, -0.1) is 0 Å². The number of nitrogens with zero attached hydrogens (tertiary/aromatic N) is 1. The van der Waals surface area contributed by atoms with Crippen LogP contribution in [0.4, 0.5) is 0 Å². The average Bonchev–Trinajstić information content (AvgIpc) is 3.12. The van der Waals surface area contributed by atoms with Gasteiger partial charge in [0.15, 0.2) is 0 Å². The van der Waals surface area contributed by atoms with E-state index in [0.29, 0.717) is 0 Å². The predicted molar refractivity (Wildman–Crippen MR) is 129 cm³/mol. The van der Waals surface area contributed by atoms with Crippen molar-refractivity contribution < 1.29 is 0 Å². The van der Waals surface area contributed by atoms with Crippen LogP contribution in [0.3, 0.4) is 0 Å². The standard InChI is InChI=1S/C28H18ClN/c29-22-15-16-25-27(18-22)30(23-9-2-1-3-10-23)26-12-6-11-24(28(25)26)21-14-13-19-7-4-5-8-20(19)17-21/h1-18H. The summed E-state index contributed by atoms with van der Waals surface area (Å²) in [5, 5.41) is 5.72. The molecule has 0 aliphatic heterocycles. The van der Waals surface area contributed by atoms with E-state index in [1.54, 1.807) is 0 Å². The molecule has 2 heteroatoms. The number of aromatic nitrogens is 1. The van der Waals surface area contributed by atoms with Crippen molar-refractivity contribution in [3.8, 4) is 16.8 Å². The van der Waals surface area contributed by atoms with Crippen LogP contribution in [0.15, 0.2) is 109 Å². The molecule has 142 valence electrons. The monoisotopic (exact) mass is 403 g/mol. The van der Waals surface area contributed by atoms with E-state index < -0.39 is 0 Å². The summed E-state index contributed by atoms with van der Waals surface area (Å²) in [4.78, 5) is 0. The van der Waals surface area contributed by atoms with Crippen LogP contribution in [-0.2, 0) is 0 Å². The van der Waals surface area contributed by atoms with Crippen LogP contribution in [0, 0.1) is 0 Å². The minimum atomic E-state index is 0.745. The summed E-state index contributed by atoms with van der Waals surface area (Å²) in [7, 11) is 0. The normalized spacial score (nSPS) is 11.5. The molecule has 0 saturated heterocycles. The Morgan fingerprint density at radius 2 is 1.37 bits per heavy atom. The zero-order valence-electron chi connectivity index (χ0n) is 16.2. The molecular weight excluding hydrogens is 386 g/mol. The number of para-hydroxylation sites is 1. The Morgan fingerprint density at radius 1 is 0.567 bits per heavy atom. The van der Waals surface area contributed by atoms with Crippen LogP contribution < -0.4 is 0 Å². The van der Waals surface area contributed by atoms with Gasteiger partial charge in [0, 0.05) is 21.5 Å². The fourth-order valence-corrected chi connectivity index (χ4v) is 4.66. The van der Waals surface area contributed by atoms with Gasteiger partial charge in [-0.1, -0.05) is 84.4 Å². The predicted octanol–water partition coefficient (Wildman–Crippen LogP) is 8.26. The molecule has 0 amide bonds. The molecule has 0 unspecified atom stereocenters. The Morgan fingerprint density at radius 3 is 2.23 bits per heavy atom. The molecule has 1 heterocycles. The van der Waals surface area contributed by atoms with Crippen molar-refractivity contribution in [2.45, 2.75) is 0 Å². The lowest BCUT2D eigenvalue weighted by molar-refractivity contribution is 1.18. The van der Waals surface area contributed by atoms with E-state index in [9.17, 15) is 0 Å². The van der Waals surface area contributed by atoms with Gasteiger partial charge in [0.25, 0.3) is 0 Å². The van der Waals surface area contributed by atoms with Gasteiger partial charge >= 0.3 is 0 Å². The third-order valence-corrected chi connectivity index (χ3v) is 6.06. The maximum atomic E-state index is 6.41. The summed E-state index contributed by atoms with van der Waals surface area (Å²) in [5.41, 5.74) is 5.90. The van der Waals surface area contributed by atoms with E-state index in [2.05, 4.69) is 102 Å². The number of hydrogen-bond donors (Lipinski definition) is 0. The van der Waals surface area contributed by atoms with Crippen molar-refractivity contribution in [3.63, 3.8) is 0 Å². The molecule has 5 aromatic carbocycles. The quantitative estimate of drug-likeness (QED) is 0.274. The third-order valence-electron chi connectivity index (χ3n) is 5.83.